The zero-order valence-corrected chi connectivity index (χ0v) is 31.9. The molecule has 2 atom stereocenters. The van der Waals surface area contributed by atoms with Gasteiger partial charge in [-0.05, 0) is 77.8 Å². The maximum atomic E-state index is 13.3. The predicted molar refractivity (Wildman–Crippen MR) is 215 cm³/mol. The summed E-state index contributed by atoms with van der Waals surface area (Å²) in [5, 5.41) is 13.7. The molecule has 2 aliphatic heterocycles. The van der Waals surface area contributed by atoms with Gasteiger partial charge in [0.05, 0.1) is 22.8 Å². The number of ether oxygens (including phenoxy) is 1. The van der Waals surface area contributed by atoms with E-state index in [1.54, 1.807) is 23.9 Å². The lowest BCUT2D eigenvalue weighted by atomic mass is 9.93. The molecular weight excluding hydrogens is 737 g/mol. The van der Waals surface area contributed by atoms with Crippen molar-refractivity contribution in [1.29, 1.82) is 0 Å². The Bertz CT molecular complexity index is 2410. The number of nitrogens with zero attached hydrogens (tertiary/aromatic N) is 3. The van der Waals surface area contributed by atoms with E-state index in [0.29, 0.717) is 71.9 Å². The third kappa shape index (κ3) is 7.75. The normalized spacial score (nSPS) is 18.6. The molecule has 1 aliphatic carbocycles. The number of methoxy groups -OCH3 is 1. The summed E-state index contributed by atoms with van der Waals surface area (Å²) in [6.07, 6.45) is 9.78. The molecule has 8 rings (SSSR count). The summed E-state index contributed by atoms with van der Waals surface area (Å²) in [6, 6.07) is 18.2. The van der Waals surface area contributed by atoms with Crippen molar-refractivity contribution in [3.8, 4) is 28.1 Å². The van der Waals surface area contributed by atoms with Crippen LogP contribution in [0.25, 0.3) is 39.6 Å². The second kappa shape index (κ2) is 16.0. The van der Waals surface area contributed by atoms with Gasteiger partial charge in [0.15, 0.2) is 0 Å². The van der Waals surface area contributed by atoms with Crippen molar-refractivity contribution in [2.24, 2.45) is 0 Å². The Kier molecular flexibility index (Phi) is 10.7. The third-order valence-electron chi connectivity index (χ3n) is 10.7. The van der Waals surface area contributed by atoms with Crippen LogP contribution in [0.3, 0.4) is 0 Å². The van der Waals surface area contributed by atoms with Gasteiger partial charge in [0.25, 0.3) is 5.56 Å². The van der Waals surface area contributed by atoms with Gasteiger partial charge in [-0.3, -0.25) is 18.8 Å². The Labute approximate surface area is 328 Å². The van der Waals surface area contributed by atoms with Crippen LogP contribution in [0, 0.1) is 0 Å². The van der Waals surface area contributed by atoms with Crippen molar-refractivity contribution in [3.63, 3.8) is 0 Å². The lowest BCUT2D eigenvalue weighted by molar-refractivity contribution is -0.120. The molecule has 0 saturated carbocycles. The van der Waals surface area contributed by atoms with Gasteiger partial charge in [0.2, 0.25) is 17.7 Å². The molecule has 11 nitrogen and oxygen atoms in total. The summed E-state index contributed by atoms with van der Waals surface area (Å²) in [5.74, 6) is 0.668. The van der Waals surface area contributed by atoms with Gasteiger partial charge in [-0.25, -0.2) is 9.97 Å². The fraction of sp³-hybridized carbons (Fsp3) is 0.310. The lowest BCUT2D eigenvalue weighted by Crippen LogP contribution is -2.36. The summed E-state index contributed by atoms with van der Waals surface area (Å²) in [7, 11) is 1.61. The SMILES string of the molecule is COc1nc(/C=C2\CCc3c2cccc3-c2cccc(-c3ccn4c(=O)c(CNC[C@@H]5CCC(=O)N5)cnc4c3)c2Cl)c(Cl)cc1CNC[C@H]1CCC(=O)N1. The Balaban J connectivity index is 1.01. The molecule has 0 unspecified atom stereocenters. The van der Waals surface area contributed by atoms with Crippen LogP contribution in [0.5, 0.6) is 5.88 Å². The molecule has 5 heterocycles. The summed E-state index contributed by atoms with van der Waals surface area (Å²) in [5.41, 5.74) is 9.59. The Morgan fingerprint density at radius 2 is 1.51 bits per heavy atom. The molecule has 0 bridgehead atoms. The van der Waals surface area contributed by atoms with E-state index in [-0.39, 0.29) is 29.5 Å². The average molecular weight is 779 g/mol. The number of halogens is 2. The molecule has 3 aromatic heterocycles. The molecule has 55 heavy (non-hydrogen) atoms. The zero-order chi connectivity index (χ0) is 38.1. The summed E-state index contributed by atoms with van der Waals surface area (Å²) in [4.78, 5) is 45.8. The number of hydrogen-bond donors (Lipinski definition) is 4. The maximum Gasteiger partial charge on any atom is 0.262 e. The Hall–Kier alpha value is -5.07. The van der Waals surface area contributed by atoms with Crippen molar-refractivity contribution in [2.75, 3.05) is 20.2 Å². The van der Waals surface area contributed by atoms with Gasteiger partial charge < -0.3 is 26.0 Å². The van der Waals surface area contributed by atoms with E-state index < -0.39 is 0 Å². The van der Waals surface area contributed by atoms with Crippen molar-refractivity contribution < 1.29 is 14.3 Å². The van der Waals surface area contributed by atoms with Crippen LogP contribution in [0.15, 0.2) is 71.8 Å². The monoisotopic (exact) mass is 777 g/mol. The molecule has 0 spiro atoms. The minimum Gasteiger partial charge on any atom is -0.481 e. The number of amides is 2. The van der Waals surface area contributed by atoms with Crippen LogP contribution in [-0.2, 0) is 29.1 Å². The van der Waals surface area contributed by atoms with E-state index in [4.69, 9.17) is 32.9 Å². The van der Waals surface area contributed by atoms with E-state index in [2.05, 4.69) is 44.5 Å². The molecular formula is C42H41Cl2N7O4. The lowest BCUT2D eigenvalue weighted by Gasteiger charge is -2.15. The molecule has 282 valence electrons. The number of rotatable bonds is 12. The number of carbonyl (C=O) groups is 2. The first kappa shape index (κ1) is 36.9. The maximum absolute atomic E-state index is 13.3. The summed E-state index contributed by atoms with van der Waals surface area (Å²) < 4.78 is 7.21. The van der Waals surface area contributed by atoms with E-state index >= 15 is 0 Å². The third-order valence-corrected chi connectivity index (χ3v) is 11.4. The van der Waals surface area contributed by atoms with Gasteiger partial charge >= 0.3 is 0 Å². The highest BCUT2D eigenvalue weighted by Crippen LogP contribution is 2.44. The Morgan fingerprint density at radius 1 is 0.836 bits per heavy atom. The molecule has 2 fully saturated rings. The second-order valence-electron chi connectivity index (χ2n) is 14.3. The van der Waals surface area contributed by atoms with E-state index in [1.165, 1.54) is 5.56 Å². The minimum absolute atomic E-state index is 0.0670. The number of pyridine rings is 2. The molecule has 4 N–H and O–H groups in total. The molecule has 5 aromatic rings. The highest BCUT2D eigenvalue weighted by molar-refractivity contribution is 6.36. The minimum atomic E-state index is -0.141. The zero-order valence-electron chi connectivity index (χ0n) is 30.4. The van der Waals surface area contributed by atoms with Gasteiger partial charge in [0, 0.05) is 85.8 Å². The number of nitrogens with one attached hydrogen (secondary N) is 4. The highest BCUT2D eigenvalue weighted by atomic mass is 35.5. The smallest absolute Gasteiger partial charge is 0.262 e. The molecule has 2 amide bonds. The summed E-state index contributed by atoms with van der Waals surface area (Å²) in [6.45, 7) is 2.14. The number of benzene rings is 2. The molecule has 2 saturated heterocycles. The first-order valence-electron chi connectivity index (χ1n) is 18.6. The average Bonchev–Trinajstić information content (AvgIpc) is 3.93. The van der Waals surface area contributed by atoms with Crippen molar-refractivity contribution in [1.82, 2.24) is 35.6 Å². The summed E-state index contributed by atoms with van der Waals surface area (Å²) >= 11 is 14.0. The van der Waals surface area contributed by atoms with Crippen LogP contribution >= 0.6 is 23.2 Å². The van der Waals surface area contributed by atoms with E-state index in [1.807, 2.05) is 42.5 Å². The molecule has 3 aliphatic rings. The van der Waals surface area contributed by atoms with Crippen molar-refractivity contribution in [3.05, 3.63) is 115 Å². The highest BCUT2D eigenvalue weighted by Gasteiger charge is 2.24. The van der Waals surface area contributed by atoms with Crippen molar-refractivity contribution >= 4 is 52.3 Å². The van der Waals surface area contributed by atoms with Gasteiger partial charge in [-0.15, -0.1) is 0 Å². The number of fused-ring (bicyclic) bond motifs is 2. The number of hydrogen-bond acceptors (Lipinski definition) is 8. The van der Waals surface area contributed by atoms with E-state index in [0.717, 1.165) is 64.6 Å². The quantitative estimate of drug-likeness (QED) is 0.122. The van der Waals surface area contributed by atoms with Crippen LogP contribution < -0.4 is 31.6 Å². The fourth-order valence-corrected chi connectivity index (χ4v) is 8.40. The standard InChI is InChI=1S/C42H41Cl2N7O4/c1-55-41-26(19-45-22-28-9-12-38(52)48-28)16-35(43)36(50-41)17-24-8-11-33-30(24)4-2-6-32(33)34-7-3-5-31(40(34)44)25-14-15-51-37(18-25)47-21-27(42(51)54)20-46-23-29-10-13-39(53)49-29/h2-7,14-18,21,28-29,45-46H,8-13,19-20,22-23H2,1H3,(H,48,52)(H,49,53)/b24-17+/t28-,29+/m1/s1. The first-order valence-corrected chi connectivity index (χ1v) is 19.4. The number of allylic oxidation sites excluding steroid dienone is 1. The fourth-order valence-electron chi connectivity index (χ4n) is 7.83. The number of carbonyl (C=O) groups excluding carboxylic acids is 2. The van der Waals surface area contributed by atoms with Crippen molar-refractivity contribution in [2.45, 2.75) is 63.7 Å². The Morgan fingerprint density at radius 3 is 2.20 bits per heavy atom. The molecule has 2 aromatic carbocycles. The van der Waals surface area contributed by atoms with Crippen LogP contribution in [0.1, 0.15) is 60.1 Å². The topological polar surface area (TPSA) is 139 Å². The van der Waals surface area contributed by atoms with Gasteiger partial charge in [-0.1, -0.05) is 59.6 Å². The number of aromatic nitrogens is 3. The molecule has 0 radical (unpaired) electrons. The second-order valence-corrected chi connectivity index (χ2v) is 15.1. The molecule has 13 heteroatoms. The van der Waals surface area contributed by atoms with Gasteiger partial charge in [0.1, 0.15) is 5.65 Å². The first-order chi connectivity index (χ1) is 26.7. The van der Waals surface area contributed by atoms with E-state index in [9.17, 15) is 14.4 Å². The van der Waals surface area contributed by atoms with Crippen LogP contribution in [0.2, 0.25) is 10.0 Å². The largest absolute Gasteiger partial charge is 0.481 e. The van der Waals surface area contributed by atoms with Crippen LogP contribution in [0.4, 0.5) is 0 Å². The van der Waals surface area contributed by atoms with Gasteiger partial charge in [-0.2, -0.15) is 0 Å². The predicted octanol–water partition coefficient (Wildman–Crippen LogP) is 5.96. The van der Waals surface area contributed by atoms with Crippen LogP contribution in [-0.4, -0.2) is 58.5 Å².